The van der Waals surface area contributed by atoms with E-state index in [4.69, 9.17) is 4.74 Å². The Morgan fingerprint density at radius 2 is 1.75 bits per heavy atom. The summed E-state index contributed by atoms with van der Waals surface area (Å²) < 4.78 is 6.28. The second-order valence-corrected chi connectivity index (χ2v) is 8.18. The molecule has 2 saturated heterocycles. The Kier molecular flexibility index (Phi) is 7.50. The van der Waals surface area contributed by atoms with Crippen LogP contribution in [0.25, 0.3) is 6.08 Å². The molecule has 152 valence electrons. The van der Waals surface area contributed by atoms with Crippen molar-refractivity contribution in [1.82, 2.24) is 14.7 Å². The fourth-order valence-corrected chi connectivity index (χ4v) is 4.04. The monoisotopic (exact) mass is 449 g/mol. The molecule has 2 aliphatic heterocycles. The highest BCUT2D eigenvalue weighted by molar-refractivity contribution is 9.10. The Bertz CT molecular complexity index is 724. The molecule has 0 aromatic heterocycles. The Morgan fingerprint density at radius 1 is 1.04 bits per heavy atom. The van der Waals surface area contributed by atoms with E-state index in [9.17, 15) is 9.59 Å². The smallest absolute Gasteiger partial charge is 0.246 e. The number of piperidine rings is 1. The molecule has 6 nitrogen and oxygen atoms in total. The van der Waals surface area contributed by atoms with Crippen LogP contribution < -0.4 is 4.74 Å². The summed E-state index contributed by atoms with van der Waals surface area (Å²) in [5, 5.41) is 0. The molecule has 2 fully saturated rings. The maximum absolute atomic E-state index is 12.5. The van der Waals surface area contributed by atoms with Gasteiger partial charge in [-0.2, -0.15) is 0 Å². The van der Waals surface area contributed by atoms with Crippen LogP contribution in [0.15, 0.2) is 28.7 Å². The SMILES string of the molecule is COc1ccc(Br)cc1/C=C/C(=O)N1CCN(CC(=O)N2CCCCC2)CC1. The lowest BCUT2D eigenvalue weighted by Gasteiger charge is -2.35. The summed E-state index contributed by atoms with van der Waals surface area (Å²) in [6.45, 7) is 5.01. The minimum atomic E-state index is -0.0102. The van der Waals surface area contributed by atoms with E-state index in [0.717, 1.165) is 54.8 Å². The van der Waals surface area contributed by atoms with Gasteiger partial charge in [-0.05, 0) is 43.5 Å². The van der Waals surface area contributed by atoms with Crippen LogP contribution in [-0.2, 0) is 9.59 Å². The van der Waals surface area contributed by atoms with Crippen molar-refractivity contribution in [3.05, 3.63) is 34.3 Å². The summed E-state index contributed by atoms with van der Waals surface area (Å²) in [4.78, 5) is 30.9. The summed E-state index contributed by atoms with van der Waals surface area (Å²) in [5.41, 5.74) is 0.857. The van der Waals surface area contributed by atoms with E-state index in [1.54, 1.807) is 19.3 Å². The molecular formula is C21H28BrN3O3. The van der Waals surface area contributed by atoms with Gasteiger partial charge in [-0.15, -0.1) is 0 Å². The van der Waals surface area contributed by atoms with Crippen molar-refractivity contribution in [2.75, 3.05) is 52.9 Å². The van der Waals surface area contributed by atoms with Gasteiger partial charge in [0.25, 0.3) is 0 Å². The lowest BCUT2D eigenvalue weighted by Crippen LogP contribution is -2.51. The third-order valence-electron chi connectivity index (χ3n) is 5.35. The predicted molar refractivity (Wildman–Crippen MR) is 113 cm³/mol. The molecule has 0 atom stereocenters. The van der Waals surface area contributed by atoms with Crippen LogP contribution in [0.1, 0.15) is 24.8 Å². The number of hydrogen-bond acceptors (Lipinski definition) is 4. The molecule has 0 saturated carbocycles. The minimum Gasteiger partial charge on any atom is -0.496 e. The highest BCUT2D eigenvalue weighted by Gasteiger charge is 2.24. The summed E-state index contributed by atoms with van der Waals surface area (Å²) >= 11 is 3.44. The fraction of sp³-hybridized carbons (Fsp3) is 0.524. The first-order chi connectivity index (χ1) is 13.6. The van der Waals surface area contributed by atoms with E-state index >= 15 is 0 Å². The molecule has 1 aromatic carbocycles. The number of rotatable bonds is 5. The molecule has 0 spiro atoms. The van der Waals surface area contributed by atoms with Crippen molar-refractivity contribution >= 4 is 33.8 Å². The number of likely N-dealkylation sites (tertiary alicyclic amines) is 1. The molecule has 2 amide bonds. The van der Waals surface area contributed by atoms with E-state index in [0.29, 0.717) is 19.6 Å². The van der Waals surface area contributed by atoms with Gasteiger partial charge < -0.3 is 14.5 Å². The number of carbonyl (C=O) groups excluding carboxylic acids is 2. The Labute approximate surface area is 175 Å². The normalized spacial score (nSPS) is 18.5. The maximum Gasteiger partial charge on any atom is 0.246 e. The van der Waals surface area contributed by atoms with Gasteiger partial charge in [0.1, 0.15) is 5.75 Å². The quantitative estimate of drug-likeness (QED) is 0.648. The van der Waals surface area contributed by atoms with Crippen molar-refractivity contribution in [2.24, 2.45) is 0 Å². The predicted octanol–water partition coefficient (Wildman–Crippen LogP) is 2.63. The molecule has 2 heterocycles. The zero-order valence-corrected chi connectivity index (χ0v) is 18.0. The highest BCUT2D eigenvalue weighted by atomic mass is 79.9. The molecule has 28 heavy (non-hydrogen) atoms. The van der Waals surface area contributed by atoms with Gasteiger partial charge in [-0.3, -0.25) is 14.5 Å². The van der Waals surface area contributed by atoms with Gasteiger partial charge >= 0.3 is 0 Å². The lowest BCUT2D eigenvalue weighted by atomic mass is 10.1. The van der Waals surface area contributed by atoms with Crippen molar-refractivity contribution in [3.63, 3.8) is 0 Å². The topological polar surface area (TPSA) is 53.1 Å². The second-order valence-electron chi connectivity index (χ2n) is 7.26. The third-order valence-corrected chi connectivity index (χ3v) is 5.84. The lowest BCUT2D eigenvalue weighted by molar-refractivity contribution is -0.134. The molecule has 0 N–H and O–H groups in total. The van der Waals surface area contributed by atoms with Crippen LogP contribution in [0.5, 0.6) is 5.75 Å². The summed E-state index contributed by atoms with van der Waals surface area (Å²) in [7, 11) is 1.62. The van der Waals surface area contributed by atoms with E-state index in [1.807, 2.05) is 28.0 Å². The molecule has 7 heteroatoms. The van der Waals surface area contributed by atoms with Crippen LogP contribution in [0, 0.1) is 0 Å². The van der Waals surface area contributed by atoms with Crippen LogP contribution >= 0.6 is 15.9 Å². The molecule has 1 aromatic rings. The minimum absolute atomic E-state index is 0.0102. The zero-order chi connectivity index (χ0) is 19.9. The number of nitrogens with zero attached hydrogens (tertiary/aromatic N) is 3. The summed E-state index contributed by atoms with van der Waals surface area (Å²) in [6, 6.07) is 5.70. The van der Waals surface area contributed by atoms with Gasteiger partial charge in [-0.25, -0.2) is 0 Å². The number of benzene rings is 1. The summed E-state index contributed by atoms with van der Waals surface area (Å²) in [5.74, 6) is 0.943. The van der Waals surface area contributed by atoms with Gasteiger partial charge in [-0.1, -0.05) is 15.9 Å². The maximum atomic E-state index is 12.5. The zero-order valence-electron chi connectivity index (χ0n) is 16.4. The number of piperazine rings is 1. The first-order valence-electron chi connectivity index (χ1n) is 9.87. The molecular weight excluding hydrogens is 422 g/mol. The average Bonchev–Trinajstić information content (AvgIpc) is 2.73. The van der Waals surface area contributed by atoms with E-state index in [-0.39, 0.29) is 11.8 Å². The first-order valence-corrected chi connectivity index (χ1v) is 10.7. The first kappa shape index (κ1) is 20.9. The van der Waals surface area contributed by atoms with Crippen molar-refractivity contribution in [1.29, 1.82) is 0 Å². The van der Waals surface area contributed by atoms with Crippen molar-refractivity contribution in [3.8, 4) is 5.75 Å². The Balaban J connectivity index is 1.48. The molecule has 0 radical (unpaired) electrons. The van der Waals surface area contributed by atoms with E-state index < -0.39 is 0 Å². The molecule has 0 unspecified atom stereocenters. The largest absolute Gasteiger partial charge is 0.496 e. The molecule has 3 rings (SSSR count). The van der Waals surface area contributed by atoms with Crippen molar-refractivity contribution in [2.45, 2.75) is 19.3 Å². The van der Waals surface area contributed by atoms with Gasteiger partial charge in [0.2, 0.25) is 11.8 Å². The van der Waals surface area contributed by atoms with Crippen LogP contribution in [-0.4, -0.2) is 79.4 Å². The molecule has 0 bridgehead atoms. The second kappa shape index (κ2) is 10.1. The van der Waals surface area contributed by atoms with E-state index in [2.05, 4.69) is 20.8 Å². The number of halogens is 1. The van der Waals surface area contributed by atoms with Crippen LogP contribution in [0.3, 0.4) is 0 Å². The van der Waals surface area contributed by atoms with Gasteiger partial charge in [0.05, 0.1) is 13.7 Å². The van der Waals surface area contributed by atoms with E-state index in [1.165, 1.54) is 6.42 Å². The Hall–Kier alpha value is -1.86. The third kappa shape index (κ3) is 5.58. The average molecular weight is 450 g/mol. The fourth-order valence-electron chi connectivity index (χ4n) is 3.66. The summed E-state index contributed by atoms with van der Waals surface area (Å²) in [6.07, 6.45) is 6.84. The number of hydrogen-bond donors (Lipinski definition) is 0. The number of carbonyl (C=O) groups is 2. The Morgan fingerprint density at radius 3 is 2.43 bits per heavy atom. The highest BCUT2D eigenvalue weighted by Crippen LogP contribution is 2.24. The molecule has 0 aliphatic carbocycles. The van der Waals surface area contributed by atoms with Gasteiger partial charge in [0, 0.05) is 55.4 Å². The van der Waals surface area contributed by atoms with Crippen LogP contribution in [0.2, 0.25) is 0 Å². The molecule has 2 aliphatic rings. The number of methoxy groups -OCH3 is 1. The number of amides is 2. The van der Waals surface area contributed by atoms with Crippen molar-refractivity contribution < 1.29 is 14.3 Å². The van der Waals surface area contributed by atoms with Crippen LogP contribution in [0.4, 0.5) is 0 Å². The number of ether oxygens (including phenoxy) is 1. The standard InChI is InChI=1S/C21H28BrN3O3/c1-28-19-7-6-18(22)15-17(19)5-8-20(26)25-13-11-23(12-14-25)16-21(27)24-9-3-2-4-10-24/h5-8,15H,2-4,9-14,16H2,1H3/b8-5+. The van der Waals surface area contributed by atoms with Gasteiger partial charge in [0.15, 0.2) is 0 Å².